The van der Waals surface area contributed by atoms with Crippen LogP contribution in [0.2, 0.25) is 0 Å². The van der Waals surface area contributed by atoms with E-state index in [1.807, 2.05) is 30.9 Å². The largest absolute Gasteiger partial charge is 0.341 e. The number of amides is 1. The Morgan fingerprint density at radius 3 is 2.43 bits per heavy atom. The molecule has 1 fully saturated rings. The van der Waals surface area contributed by atoms with Crippen molar-refractivity contribution in [2.75, 3.05) is 13.1 Å². The van der Waals surface area contributed by atoms with Gasteiger partial charge >= 0.3 is 5.69 Å². The van der Waals surface area contributed by atoms with Crippen molar-refractivity contribution in [3.63, 3.8) is 0 Å². The molecular weight excluding hydrogens is 398 g/mol. The molecule has 4 rings (SSSR count). The lowest BCUT2D eigenvalue weighted by atomic mass is 9.92. The van der Waals surface area contributed by atoms with Crippen LogP contribution >= 0.6 is 11.3 Å². The molecule has 6 nitrogen and oxygen atoms in total. The maximum Gasteiger partial charge on any atom is 0.336 e. The second-order valence-electron chi connectivity index (χ2n) is 8.66. The normalized spacial score (nSPS) is 19.4. The SMILES string of the molecule is Cc1ccc(-n2c(=O)c3sccc3n(CC(=O)N3C[C@H](C)C[C@H](C)C3)c2=O)cc1C. The summed E-state index contributed by atoms with van der Waals surface area (Å²) in [4.78, 5) is 41.4. The fourth-order valence-corrected chi connectivity index (χ4v) is 5.26. The number of aromatic nitrogens is 2. The van der Waals surface area contributed by atoms with Gasteiger partial charge in [0.15, 0.2) is 0 Å². The molecule has 0 spiro atoms. The molecule has 1 aliphatic heterocycles. The number of piperidine rings is 1. The molecule has 0 unspecified atom stereocenters. The van der Waals surface area contributed by atoms with E-state index in [0.717, 1.165) is 17.5 Å². The Morgan fingerprint density at radius 2 is 1.77 bits per heavy atom. The van der Waals surface area contributed by atoms with Crippen molar-refractivity contribution >= 4 is 27.5 Å². The minimum Gasteiger partial charge on any atom is -0.341 e. The van der Waals surface area contributed by atoms with Gasteiger partial charge in [0.1, 0.15) is 11.2 Å². The Morgan fingerprint density at radius 1 is 1.07 bits per heavy atom. The van der Waals surface area contributed by atoms with E-state index in [9.17, 15) is 14.4 Å². The number of rotatable bonds is 3. The molecule has 3 aromatic rings. The molecule has 0 radical (unpaired) electrons. The molecule has 1 saturated heterocycles. The minimum atomic E-state index is -0.472. The van der Waals surface area contributed by atoms with E-state index in [1.165, 1.54) is 20.5 Å². The topological polar surface area (TPSA) is 64.3 Å². The molecule has 7 heteroatoms. The van der Waals surface area contributed by atoms with E-state index in [4.69, 9.17) is 0 Å². The standard InChI is InChI=1S/C23H27N3O3S/c1-14-9-15(2)12-24(11-14)20(27)13-25-19-7-8-30-21(19)22(28)26(23(25)29)18-6-5-16(3)17(4)10-18/h5-8,10,14-15H,9,11-13H2,1-4H3/t14-,15+. The molecule has 158 valence electrons. The second kappa shape index (κ2) is 7.87. The number of benzene rings is 1. The van der Waals surface area contributed by atoms with Gasteiger partial charge in [0.25, 0.3) is 5.56 Å². The first-order valence-corrected chi connectivity index (χ1v) is 11.2. The lowest BCUT2D eigenvalue weighted by molar-refractivity contribution is -0.134. The summed E-state index contributed by atoms with van der Waals surface area (Å²) in [6.45, 7) is 9.61. The highest BCUT2D eigenvalue weighted by Crippen LogP contribution is 2.22. The maximum atomic E-state index is 13.4. The van der Waals surface area contributed by atoms with Crippen LogP contribution in [-0.4, -0.2) is 33.0 Å². The maximum absolute atomic E-state index is 13.4. The average molecular weight is 426 g/mol. The number of carbonyl (C=O) groups excluding carboxylic acids is 1. The zero-order valence-electron chi connectivity index (χ0n) is 17.8. The van der Waals surface area contributed by atoms with Crippen LogP contribution in [-0.2, 0) is 11.3 Å². The van der Waals surface area contributed by atoms with Crippen LogP contribution in [0.25, 0.3) is 15.9 Å². The first-order chi connectivity index (χ1) is 14.3. The molecule has 0 aliphatic carbocycles. The van der Waals surface area contributed by atoms with E-state index >= 15 is 0 Å². The first kappa shape index (κ1) is 20.6. The number of carbonyl (C=O) groups is 1. The number of likely N-dealkylation sites (tertiary alicyclic amines) is 1. The molecule has 0 N–H and O–H groups in total. The Balaban J connectivity index is 1.81. The Kier molecular flexibility index (Phi) is 5.40. The monoisotopic (exact) mass is 425 g/mol. The van der Waals surface area contributed by atoms with Crippen LogP contribution in [0, 0.1) is 25.7 Å². The third-order valence-electron chi connectivity index (χ3n) is 6.02. The first-order valence-electron chi connectivity index (χ1n) is 10.3. The number of nitrogens with zero attached hydrogens (tertiary/aromatic N) is 3. The van der Waals surface area contributed by atoms with Gasteiger partial charge in [-0.05, 0) is 66.8 Å². The van der Waals surface area contributed by atoms with E-state index in [2.05, 4.69) is 13.8 Å². The molecule has 1 amide bonds. The summed E-state index contributed by atoms with van der Waals surface area (Å²) in [6.07, 6.45) is 1.11. The van der Waals surface area contributed by atoms with Crippen molar-refractivity contribution in [2.45, 2.75) is 40.7 Å². The molecule has 30 heavy (non-hydrogen) atoms. The summed E-state index contributed by atoms with van der Waals surface area (Å²) < 4.78 is 3.13. The molecule has 2 atom stereocenters. The van der Waals surface area contributed by atoms with Gasteiger partial charge in [0.05, 0.1) is 11.2 Å². The van der Waals surface area contributed by atoms with Gasteiger partial charge in [-0.1, -0.05) is 19.9 Å². The van der Waals surface area contributed by atoms with E-state index in [1.54, 1.807) is 17.5 Å². The second-order valence-corrected chi connectivity index (χ2v) is 9.57. The fraction of sp³-hybridized carbons (Fsp3) is 0.435. The smallest absolute Gasteiger partial charge is 0.336 e. The highest BCUT2D eigenvalue weighted by molar-refractivity contribution is 7.17. The van der Waals surface area contributed by atoms with Crippen LogP contribution in [0.15, 0.2) is 39.2 Å². The number of hydrogen-bond acceptors (Lipinski definition) is 4. The van der Waals surface area contributed by atoms with Crippen molar-refractivity contribution in [3.8, 4) is 5.69 Å². The van der Waals surface area contributed by atoms with Gasteiger partial charge in [0.2, 0.25) is 5.91 Å². The lowest BCUT2D eigenvalue weighted by Gasteiger charge is -2.35. The summed E-state index contributed by atoms with van der Waals surface area (Å²) in [7, 11) is 0. The van der Waals surface area contributed by atoms with Gasteiger partial charge in [-0.2, -0.15) is 0 Å². The van der Waals surface area contributed by atoms with Crippen LogP contribution in [0.1, 0.15) is 31.4 Å². The number of fused-ring (bicyclic) bond motifs is 1. The summed E-state index contributed by atoms with van der Waals surface area (Å²) in [6, 6.07) is 7.28. The predicted molar refractivity (Wildman–Crippen MR) is 121 cm³/mol. The van der Waals surface area contributed by atoms with Crippen molar-refractivity contribution in [1.82, 2.24) is 14.0 Å². The van der Waals surface area contributed by atoms with Crippen LogP contribution in [0.4, 0.5) is 0 Å². The zero-order valence-corrected chi connectivity index (χ0v) is 18.7. The van der Waals surface area contributed by atoms with E-state index < -0.39 is 5.69 Å². The summed E-state index contributed by atoms with van der Waals surface area (Å²) in [5.41, 5.74) is 2.35. The van der Waals surface area contributed by atoms with Gasteiger partial charge < -0.3 is 4.90 Å². The highest BCUT2D eigenvalue weighted by atomic mass is 32.1. The van der Waals surface area contributed by atoms with Crippen LogP contribution in [0.3, 0.4) is 0 Å². The molecule has 1 aromatic carbocycles. The van der Waals surface area contributed by atoms with Crippen molar-refractivity contribution < 1.29 is 4.79 Å². The molecule has 2 aromatic heterocycles. The molecule has 0 saturated carbocycles. The lowest BCUT2D eigenvalue weighted by Crippen LogP contribution is -2.46. The molecule has 1 aliphatic rings. The summed E-state index contributed by atoms with van der Waals surface area (Å²) >= 11 is 1.30. The minimum absolute atomic E-state index is 0.0589. The quantitative estimate of drug-likeness (QED) is 0.647. The van der Waals surface area contributed by atoms with Crippen molar-refractivity contribution in [2.24, 2.45) is 11.8 Å². The predicted octanol–water partition coefficient (Wildman–Crippen LogP) is 3.34. The highest BCUT2D eigenvalue weighted by Gasteiger charge is 2.26. The van der Waals surface area contributed by atoms with E-state index in [-0.39, 0.29) is 18.0 Å². The Hall–Kier alpha value is -2.67. The van der Waals surface area contributed by atoms with Gasteiger partial charge in [-0.25, -0.2) is 9.36 Å². The molecular formula is C23H27N3O3S. The summed E-state index contributed by atoms with van der Waals surface area (Å²) in [5.74, 6) is 0.813. The average Bonchev–Trinajstić information content (AvgIpc) is 3.17. The Bertz CT molecular complexity index is 1230. The van der Waals surface area contributed by atoms with Gasteiger partial charge in [-0.15, -0.1) is 11.3 Å². The Labute approximate surface area is 179 Å². The van der Waals surface area contributed by atoms with Gasteiger partial charge in [0, 0.05) is 13.1 Å². The van der Waals surface area contributed by atoms with E-state index in [0.29, 0.717) is 40.8 Å². The third kappa shape index (κ3) is 3.62. The van der Waals surface area contributed by atoms with Crippen molar-refractivity contribution in [1.29, 1.82) is 0 Å². The van der Waals surface area contributed by atoms with Crippen LogP contribution in [0.5, 0.6) is 0 Å². The van der Waals surface area contributed by atoms with Gasteiger partial charge in [-0.3, -0.25) is 14.2 Å². The molecule has 0 bridgehead atoms. The zero-order chi connectivity index (χ0) is 21.6. The number of thiophene rings is 1. The van der Waals surface area contributed by atoms with Crippen molar-refractivity contribution in [3.05, 3.63) is 61.6 Å². The number of aryl methyl sites for hydroxylation is 2. The third-order valence-corrected chi connectivity index (χ3v) is 6.91. The fourth-order valence-electron chi connectivity index (χ4n) is 4.43. The number of hydrogen-bond donors (Lipinski definition) is 0. The van der Waals surface area contributed by atoms with Crippen LogP contribution < -0.4 is 11.2 Å². The molecule has 3 heterocycles. The summed E-state index contributed by atoms with van der Waals surface area (Å²) in [5, 5.41) is 1.79.